The van der Waals surface area contributed by atoms with E-state index in [-0.39, 0.29) is 58.0 Å². The van der Waals surface area contributed by atoms with Crippen LogP contribution >= 0.6 is 0 Å². The van der Waals surface area contributed by atoms with E-state index in [1.165, 1.54) is 0 Å². The first kappa shape index (κ1) is 9.55. The minimum absolute atomic E-state index is 0. The third-order valence-corrected chi connectivity index (χ3v) is 0.0745. The van der Waals surface area contributed by atoms with Crippen LogP contribution in [0.2, 0.25) is 0 Å². The van der Waals surface area contributed by atoms with Gasteiger partial charge in [0.2, 0.25) is 0 Å². The van der Waals surface area contributed by atoms with Crippen molar-refractivity contribution in [1.29, 1.82) is 0 Å². The number of carbonyl (C=O) groups is 1. The minimum atomic E-state index is -0.361. The second kappa shape index (κ2) is 8.98. The Morgan fingerprint density at radius 2 is 2.00 bits per heavy atom. The second-order valence-electron chi connectivity index (χ2n) is 0.349. The van der Waals surface area contributed by atoms with E-state index in [4.69, 9.17) is 9.90 Å². The van der Waals surface area contributed by atoms with Gasteiger partial charge in [0.05, 0.1) is 6.61 Å². The van der Waals surface area contributed by atoms with Crippen LogP contribution in [0.3, 0.4) is 0 Å². The van der Waals surface area contributed by atoms with Crippen molar-refractivity contribution in [3.8, 4) is 0 Å². The zero-order chi connectivity index (χ0) is 3.41. The molecule has 0 spiro atoms. The average molecular weight is 100 g/mol. The van der Waals surface area contributed by atoms with Gasteiger partial charge in [0, 0.05) is 0 Å². The Morgan fingerprint density at radius 1 is 1.80 bits per heavy atom. The fourth-order valence-corrected chi connectivity index (χ4v) is 0. The first-order valence-electron chi connectivity index (χ1n) is 0.960. The summed E-state index contributed by atoms with van der Waals surface area (Å²) in [6.45, 7) is -0.361. The zero-order valence-electron chi connectivity index (χ0n) is 2.14. The summed E-state index contributed by atoms with van der Waals surface area (Å²) in [5.74, 6) is 0. The van der Waals surface area contributed by atoms with Crippen LogP contribution in [0.25, 0.3) is 0 Å². The fraction of sp³-hybridized carbons (Fsp3) is 0.500. The van der Waals surface area contributed by atoms with E-state index in [1.807, 2.05) is 0 Å². The molecule has 0 bridgehead atoms. The molecule has 0 aliphatic carbocycles. The summed E-state index contributed by atoms with van der Waals surface area (Å²) in [5, 5.41) is 7.51. The number of carbonyl (C=O) groups excluding carboxylic acids is 1. The number of aliphatic hydroxyl groups is 1. The number of rotatable bonds is 1. The van der Waals surface area contributed by atoms with Crippen LogP contribution in [-0.2, 0) is 4.79 Å². The molecule has 26 valence electrons. The zero-order valence-corrected chi connectivity index (χ0v) is 2.14. The van der Waals surface area contributed by atoms with Gasteiger partial charge in [0.15, 0.2) is 0 Å². The molecule has 0 aromatic rings. The number of hydrogen-bond acceptors (Lipinski definition) is 2. The third-order valence-electron chi connectivity index (χ3n) is 0.0745. The van der Waals surface area contributed by atoms with E-state index < -0.39 is 0 Å². The summed E-state index contributed by atoms with van der Waals surface area (Å²) in [4.78, 5) is 8.92. The average Bonchev–Trinajstić information content (AvgIpc) is 1.37. The molecule has 0 radical (unpaired) electrons. The van der Waals surface area contributed by atoms with Crippen molar-refractivity contribution in [2.24, 2.45) is 0 Å². The predicted octanol–water partition coefficient (Wildman–Crippen LogP) is -1.47. The normalized spacial score (nSPS) is 5.00. The quantitative estimate of drug-likeness (QED) is 0.322. The molecule has 0 rings (SSSR count). The Morgan fingerprint density at radius 3 is 2.00 bits per heavy atom. The Labute approximate surface area is 73.0 Å². The molecule has 0 atom stereocenters. The number of hydrogen-bond donors (Lipinski definition) is 1. The standard InChI is InChI=1S/C2H4O2.K.H/c3-1-2-4;;/h1,4H,2H2;;. The van der Waals surface area contributed by atoms with Crippen LogP contribution in [-0.4, -0.2) is 69.4 Å². The molecule has 0 saturated carbocycles. The van der Waals surface area contributed by atoms with Gasteiger partial charge in [-0.15, -0.1) is 0 Å². The molecule has 0 amide bonds. The first-order valence-corrected chi connectivity index (χ1v) is 0.960. The SMILES string of the molecule is O=CCO.[KH]. The van der Waals surface area contributed by atoms with Crippen LogP contribution in [0.15, 0.2) is 0 Å². The summed E-state index contributed by atoms with van der Waals surface area (Å²) in [6, 6.07) is 0. The van der Waals surface area contributed by atoms with Crippen molar-refractivity contribution < 1.29 is 9.90 Å². The van der Waals surface area contributed by atoms with Crippen LogP contribution < -0.4 is 0 Å². The van der Waals surface area contributed by atoms with Gasteiger partial charge in [-0.25, -0.2) is 0 Å². The molecular weight excluding hydrogens is 95.1 g/mol. The first-order chi connectivity index (χ1) is 1.91. The molecule has 0 unspecified atom stereocenters. The van der Waals surface area contributed by atoms with Crippen molar-refractivity contribution in [1.82, 2.24) is 0 Å². The van der Waals surface area contributed by atoms with E-state index in [1.54, 1.807) is 0 Å². The predicted molar refractivity (Wildman–Crippen MR) is 20.3 cm³/mol. The summed E-state index contributed by atoms with van der Waals surface area (Å²) in [7, 11) is 0. The third kappa shape index (κ3) is 10.9. The molecule has 0 aromatic carbocycles. The Hall–Kier alpha value is 1.27. The summed E-state index contributed by atoms with van der Waals surface area (Å²) in [5.41, 5.74) is 0. The van der Waals surface area contributed by atoms with Gasteiger partial charge in [-0.05, 0) is 0 Å². The second-order valence-corrected chi connectivity index (χ2v) is 0.349. The van der Waals surface area contributed by atoms with Gasteiger partial charge in [0.1, 0.15) is 6.29 Å². The van der Waals surface area contributed by atoms with Gasteiger partial charge >= 0.3 is 51.4 Å². The molecule has 3 heteroatoms. The van der Waals surface area contributed by atoms with Crippen molar-refractivity contribution in [2.75, 3.05) is 6.61 Å². The molecular formula is C2H5KO2. The van der Waals surface area contributed by atoms with Crippen molar-refractivity contribution in [3.05, 3.63) is 0 Å². The number of aliphatic hydroxyl groups excluding tert-OH is 1. The molecule has 5 heavy (non-hydrogen) atoms. The topological polar surface area (TPSA) is 37.3 Å². The van der Waals surface area contributed by atoms with Gasteiger partial charge in [-0.2, -0.15) is 0 Å². The molecule has 0 aromatic heterocycles. The van der Waals surface area contributed by atoms with Gasteiger partial charge in [-0.3, -0.25) is 0 Å². The molecule has 0 saturated heterocycles. The summed E-state index contributed by atoms with van der Waals surface area (Å²) < 4.78 is 0. The van der Waals surface area contributed by atoms with E-state index in [0.717, 1.165) is 0 Å². The Bertz CT molecular complexity index is 21.6. The van der Waals surface area contributed by atoms with Gasteiger partial charge in [-0.1, -0.05) is 0 Å². The van der Waals surface area contributed by atoms with Crippen LogP contribution in [0.4, 0.5) is 0 Å². The van der Waals surface area contributed by atoms with E-state index in [2.05, 4.69) is 0 Å². The maximum absolute atomic E-state index is 8.92. The molecule has 1 N–H and O–H groups in total. The molecule has 0 aliphatic heterocycles. The van der Waals surface area contributed by atoms with E-state index in [9.17, 15) is 0 Å². The summed E-state index contributed by atoms with van der Waals surface area (Å²) >= 11 is 0. The Kier molecular flexibility index (Phi) is 17.2. The van der Waals surface area contributed by atoms with E-state index >= 15 is 0 Å². The molecule has 0 heterocycles. The van der Waals surface area contributed by atoms with Gasteiger partial charge in [0.25, 0.3) is 0 Å². The van der Waals surface area contributed by atoms with Crippen molar-refractivity contribution >= 4 is 57.7 Å². The number of aldehydes is 1. The molecule has 0 aliphatic rings. The van der Waals surface area contributed by atoms with E-state index in [0.29, 0.717) is 6.29 Å². The maximum atomic E-state index is 8.92. The van der Waals surface area contributed by atoms with Crippen LogP contribution in [0.1, 0.15) is 0 Å². The Balaban J connectivity index is 0. The van der Waals surface area contributed by atoms with Crippen molar-refractivity contribution in [3.63, 3.8) is 0 Å². The van der Waals surface area contributed by atoms with Crippen LogP contribution in [0.5, 0.6) is 0 Å². The fourth-order valence-electron chi connectivity index (χ4n) is 0. The monoisotopic (exact) mass is 100.0 g/mol. The van der Waals surface area contributed by atoms with Crippen LogP contribution in [0, 0.1) is 0 Å². The molecule has 0 fully saturated rings. The van der Waals surface area contributed by atoms with Gasteiger partial charge < -0.3 is 9.90 Å². The van der Waals surface area contributed by atoms with Crippen molar-refractivity contribution in [2.45, 2.75) is 0 Å². The molecule has 2 nitrogen and oxygen atoms in total. The summed E-state index contributed by atoms with van der Waals surface area (Å²) in [6.07, 6.45) is 0.431.